The third kappa shape index (κ3) is 3.70. The maximum absolute atomic E-state index is 12.2. The Bertz CT molecular complexity index is 677. The average molecular weight is 315 g/mol. The molecule has 122 valence electrons. The van der Waals surface area contributed by atoms with Gasteiger partial charge in [0.15, 0.2) is 0 Å². The molecule has 1 aromatic heterocycles. The number of benzene rings is 1. The standard InChI is InChI=1S/C17H21N3O3/c21-16(20-10-4-5-12(11-20)17(22)23)9-3-8-15-18-13-6-1-2-7-14(13)19-15/h1-2,6-7,12H,3-5,8-11H2,(H,18,19)(H,22,23). The van der Waals surface area contributed by atoms with Crippen LogP contribution >= 0.6 is 0 Å². The summed E-state index contributed by atoms with van der Waals surface area (Å²) in [5.74, 6) is -0.277. The van der Waals surface area contributed by atoms with E-state index in [9.17, 15) is 9.59 Å². The number of nitrogens with zero attached hydrogens (tertiary/aromatic N) is 2. The summed E-state index contributed by atoms with van der Waals surface area (Å²) in [5, 5.41) is 9.08. The minimum atomic E-state index is -0.801. The molecule has 1 amide bonds. The second kappa shape index (κ2) is 6.81. The number of para-hydroxylation sites is 2. The topological polar surface area (TPSA) is 86.3 Å². The first-order valence-electron chi connectivity index (χ1n) is 8.07. The number of aliphatic carboxylic acids is 1. The van der Waals surface area contributed by atoms with E-state index >= 15 is 0 Å². The predicted octanol–water partition coefficient (Wildman–Crippen LogP) is 2.21. The minimum absolute atomic E-state index is 0.0482. The Labute approximate surface area is 134 Å². The molecule has 1 aliphatic rings. The summed E-state index contributed by atoms with van der Waals surface area (Å²) in [6, 6.07) is 7.85. The van der Waals surface area contributed by atoms with E-state index in [1.165, 1.54) is 0 Å². The molecule has 0 saturated carbocycles. The minimum Gasteiger partial charge on any atom is -0.481 e. The summed E-state index contributed by atoms with van der Waals surface area (Å²) in [6.07, 6.45) is 3.30. The molecule has 0 spiro atoms. The maximum Gasteiger partial charge on any atom is 0.308 e. The van der Waals surface area contributed by atoms with Crippen molar-refractivity contribution in [2.75, 3.05) is 13.1 Å². The molecule has 1 fully saturated rings. The molecule has 1 aromatic carbocycles. The first kappa shape index (κ1) is 15.5. The zero-order valence-corrected chi connectivity index (χ0v) is 13.0. The van der Waals surface area contributed by atoms with Crippen LogP contribution in [0.25, 0.3) is 11.0 Å². The van der Waals surface area contributed by atoms with Crippen molar-refractivity contribution in [1.82, 2.24) is 14.9 Å². The van der Waals surface area contributed by atoms with E-state index in [2.05, 4.69) is 9.97 Å². The molecule has 0 aliphatic carbocycles. The fraction of sp³-hybridized carbons (Fsp3) is 0.471. The van der Waals surface area contributed by atoms with Crippen molar-refractivity contribution in [3.8, 4) is 0 Å². The zero-order valence-electron chi connectivity index (χ0n) is 13.0. The predicted molar refractivity (Wildman–Crippen MR) is 86.0 cm³/mol. The number of imidazole rings is 1. The first-order chi connectivity index (χ1) is 11.1. The maximum atomic E-state index is 12.2. The van der Waals surface area contributed by atoms with Gasteiger partial charge in [0.25, 0.3) is 0 Å². The van der Waals surface area contributed by atoms with Crippen LogP contribution in [0, 0.1) is 5.92 Å². The van der Waals surface area contributed by atoms with Crippen LogP contribution in [0.1, 0.15) is 31.5 Å². The fourth-order valence-electron chi connectivity index (χ4n) is 3.09. The van der Waals surface area contributed by atoms with E-state index in [1.54, 1.807) is 4.90 Å². The lowest BCUT2D eigenvalue weighted by molar-refractivity contribution is -0.145. The van der Waals surface area contributed by atoms with Crippen LogP contribution < -0.4 is 0 Å². The van der Waals surface area contributed by atoms with Gasteiger partial charge in [0, 0.05) is 25.9 Å². The molecule has 2 aromatic rings. The van der Waals surface area contributed by atoms with Gasteiger partial charge < -0.3 is 15.0 Å². The van der Waals surface area contributed by atoms with Gasteiger partial charge in [-0.3, -0.25) is 9.59 Å². The molecule has 6 heteroatoms. The summed E-state index contributed by atoms with van der Waals surface area (Å²) < 4.78 is 0. The molecule has 23 heavy (non-hydrogen) atoms. The SMILES string of the molecule is O=C(O)C1CCCN(C(=O)CCCc2nc3ccccc3[nH]2)C1. The van der Waals surface area contributed by atoms with E-state index in [4.69, 9.17) is 5.11 Å². The van der Waals surface area contributed by atoms with Gasteiger partial charge in [-0.25, -0.2) is 4.98 Å². The molecule has 1 aliphatic heterocycles. The van der Waals surface area contributed by atoms with Gasteiger partial charge in [-0.05, 0) is 31.4 Å². The number of likely N-dealkylation sites (tertiary alicyclic amines) is 1. The second-order valence-corrected chi connectivity index (χ2v) is 6.07. The monoisotopic (exact) mass is 315 g/mol. The number of carboxylic acids is 1. The molecule has 0 bridgehead atoms. The van der Waals surface area contributed by atoms with Gasteiger partial charge in [0.1, 0.15) is 5.82 Å². The highest BCUT2D eigenvalue weighted by Gasteiger charge is 2.27. The van der Waals surface area contributed by atoms with Crippen LogP contribution in [0.3, 0.4) is 0 Å². The van der Waals surface area contributed by atoms with E-state index < -0.39 is 11.9 Å². The van der Waals surface area contributed by atoms with E-state index in [-0.39, 0.29) is 5.91 Å². The molecular formula is C17H21N3O3. The van der Waals surface area contributed by atoms with Crippen molar-refractivity contribution in [3.63, 3.8) is 0 Å². The smallest absolute Gasteiger partial charge is 0.308 e. The lowest BCUT2D eigenvalue weighted by Gasteiger charge is -2.30. The number of hydrogen-bond acceptors (Lipinski definition) is 3. The average Bonchev–Trinajstić information content (AvgIpc) is 2.97. The highest BCUT2D eigenvalue weighted by atomic mass is 16.4. The van der Waals surface area contributed by atoms with Crippen molar-refractivity contribution in [2.24, 2.45) is 5.92 Å². The van der Waals surface area contributed by atoms with Gasteiger partial charge in [-0.1, -0.05) is 12.1 Å². The van der Waals surface area contributed by atoms with E-state index in [1.807, 2.05) is 24.3 Å². The lowest BCUT2D eigenvalue weighted by Crippen LogP contribution is -2.42. The van der Waals surface area contributed by atoms with Gasteiger partial charge in [0.2, 0.25) is 5.91 Å². The number of carbonyl (C=O) groups is 2. The largest absolute Gasteiger partial charge is 0.481 e. The molecular weight excluding hydrogens is 294 g/mol. The zero-order chi connectivity index (χ0) is 16.2. The Morgan fingerprint density at radius 3 is 2.96 bits per heavy atom. The number of nitrogens with one attached hydrogen (secondary N) is 1. The quantitative estimate of drug-likeness (QED) is 0.885. The second-order valence-electron chi connectivity index (χ2n) is 6.07. The van der Waals surface area contributed by atoms with Crippen molar-refractivity contribution in [2.45, 2.75) is 32.1 Å². The Kier molecular flexibility index (Phi) is 4.60. The van der Waals surface area contributed by atoms with Gasteiger partial charge in [-0.15, -0.1) is 0 Å². The Morgan fingerprint density at radius 1 is 1.35 bits per heavy atom. The number of carboxylic acid groups (broad SMARTS) is 1. The molecule has 1 unspecified atom stereocenters. The first-order valence-corrected chi connectivity index (χ1v) is 8.07. The molecule has 6 nitrogen and oxygen atoms in total. The molecule has 2 heterocycles. The van der Waals surface area contributed by atoms with Crippen LogP contribution in [0.2, 0.25) is 0 Å². The highest BCUT2D eigenvalue weighted by Crippen LogP contribution is 2.18. The number of aryl methyl sites for hydroxylation is 1. The fourth-order valence-corrected chi connectivity index (χ4v) is 3.09. The number of carbonyl (C=O) groups excluding carboxylic acids is 1. The van der Waals surface area contributed by atoms with Crippen molar-refractivity contribution in [1.29, 1.82) is 0 Å². The lowest BCUT2D eigenvalue weighted by atomic mass is 9.98. The van der Waals surface area contributed by atoms with Crippen molar-refractivity contribution >= 4 is 22.9 Å². The number of piperidine rings is 1. The van der Waals surface area contributed by atoms with Crippen LogP contribution in [0.15, 0.2) is 24.3 Å². The number of aromatic nitrogens is 2. The van der Waals surface area contributed by atoms with Crippen LogP contribution in [0.5, 0.6) is 0 Å². The third-order valence-electron chi connectivity index (χ3n) is 4.37. The molecule has 3 rings (SSSR count). The molecule has 2 N–H and O–H groups in total. The normalized spacial score (nSPS) is 18.3. The molecule has 1 atom stereocenters. The number of hydrogen-bond donors (Lipinski definition) is 2. The number of H-pyrrole nitrogens is 1. The highest BCUT2D eigenvalue weighted by molar-refractivity contribution is 5.78. The van der Waals surface area contributed by atoms with E-state index in [0.717, 1.165) is 29.7 Å². The van der Waals surface area contributed by atoms with Crippen LogP contribution in [0.4, 0.5) is 0 Å². The molecule has 1 saturated heterocycles. The number of amides is 1. The van der Waals surface area contributed by atoms with E-state index in [0.29, 0.717) is 32.4 Å². The van der Waals surface area contributed by atoms with Gasteiger partial charge in [-0.2, -0.15) is 0 Å². The summed E-state index contributed by atoms with van der Waals surface area (Å²) in [7, 11) is 0. The summed E-state index contributed by atoms with van der Waals surface area (Å²) in [4.78, 5) is 32.7. The van der Waals surface area contributed by atoms with Crippen LogP contribution in [-0.4, -0.2) is 44.9 Å². The van der Waals surface area contributed by atoms with Crippen LogP contribution in [-0.2, 0) is 16.0 Å². The van der Waals surface area contributed by atoms with Crippen molar-refractivity contribution < 1.29 is 14.7 Å². The summed E-state index contributed by atoms with van der Waals surface area (Å²) in [5.41, 5.74) is 1.95. The number of rotatable bonds is 5. The number of fused-ring (bicyclic) bond motifs is 1. The molecule has 0 radical (unpaired) electrons. The number of aromatic amines is 1. The summed E-state index contributed by atoms with van der Waals surface area (Å²) in [6.45, 7) is 1.02. The Hall–Kier alpha value is -2.37. The third-order valence-corrected chi connectivity index (χ3v) is 4.37. The van der Waals surface area contributed by atoms with Crippen molar-refractivity contribution in [3.05, 3.63) is 30.1 Å². The summed E-state index contributed by atoms with van der Waals surface area (Å²) >= 11 is 0. The van der Waals surface area contributed by atoms with Gasteiger partial charge >= 0.3 is 5.97 Å². The Balaban J connectivity index is 1.50. The van der Waals surface area contributed by atoms with Gasteiger partial charge in [0.05, 0.1) is 17.0 Å². The Morgan fingerprint density at radius 2 is 2.17 bits per heavy atom.